The summed E-state index contributed by atoms with van der Waals surface area (Å²) in [6.07, 6.45) is -2.74. The summed E-state index contributed by atoms with van der Waals surface area (Å²) in [5.74, 6) is 0.578. The summed E-state index contributed by atoms with van der Waals surface area (Å²) in [7, 11) is 0. The third kappa shape index (κ3) is 4.33. The molecule has 4 rings (SSSR count). The van der Waals surface area contributed by atoms with E-state index in [1.165, 1.54) is 5.56 Å². The highest BCUT2D eigenvalue weighted by molar-refractivity contribution is 6.33. The van der Waals surface area contributed by atoms with Crippen LogP contribution in [0, 0.1) is 0 Å². The number of aliphatic hydroxyl groups is 4. The normalized spacial score (nSPS) is 27.7. The second kappa shape index (κ2) is 9.45. The second-order valence-corrected chi connectivity index (χ2v) is 8.72. The molecule has 1 fully saturated rings. The number of ether oxygens (including phenoxy) is 2. The molecule has 2 aliphatic heterocycles. The fourth-order valence-electron chi connectivity index (χ4n) is 4.48. The van der Waals surface area contributed by atoms with E-state index in [0.29, 0.717) is 35.8 Å². The molecule has 0 spiro atoms. The van der Waals surface area contributed by atoms with Gasteiger partial charge in [0.2, 0.25) is 0 Å². The Labute approximate surface area is 187 Å². The first-order chi connectivity index (χ1) is 14.9. The van der Waals surface area contributed by atoms with Crippen molar-refractivity contribution in [2.45, 2.75) is 63.1 Å². The molecule has 0 saturated carbocycles. The topological polar surface area (TPSA) is 99.4 Å². The van der Waals surface area contributed by atoms with Gasteiger partial charge < -0.3 is 29.9 Å². The highest BCUT2D eigenvalue weighted by Gasteiger charge is 2.45. The number of hydrogen-bond acceptors (Lipinski definition) is 6. The zero-order chi connectivity index (χ0) is 22.1. The predicted molar refractivity (Wildman–Crippen MR) is 117 cm³/mol. The first-order valence-electron chi connectivity index (χ1n) is 10.8. The first-order valence-corrected chi connectivity index (χ1v) is 11.2. The molecule has 0 bridgehead atoms. The lowest BCUT2D eigenvalue weighted by Gasteiger charge is -2.40. The van der Waals surface area contributed by atoms with E-state index in [0.717, 1.165) is 29.5 Å². The minimum Gasteiger partial charge on any atom is -0.491 e. The number of rotatable bonds is 6. The van der Waals surface area contributed by atoms with E-state index >= 15 is 0 Å². The maximum absolute atomic E-state index is 10.6. The summed E-state index contributed by atoms with van der Waals surface area (Å²) in [5, 5.41) is 41.1. The van der Waals surface area contributed by atoms with Gasteiger partial charge in [-0.1, -0.05) is 55.3 Å². The number of halogens is 1. The number of benzene rings is 2. The molecular weight excluding hydrogens is 420 g/mol. The molecule has 5 atom stereocenters. The summed E-state index contributed by atoms with van der Waals surface area (Å²) in [4.78, 5) is 0. The standard InChI is InChI=1S/C24H29ClO6/c1-2-3-13-4-6-14(7-5-13)10-15-11-17(16-8-9-30-23(16)19(15)25)24-22(29)21(28)20(27)18(12-26)31-24/h4-7,11,18,20-22,24,26-29H,2-3,8-10,12H2,1H3. The summed E-state index contributed by atoms with van der Waals surface area (Å²) in [6, 6.07) is 10.3. The van der Waals surface area contributed by atoms with E-state index in [1.54, 1.807) is 0 Å². The van der Waals surface area contributed by atoms with Gasteiger partial charge in [-0.05, 0) is 35.1 Å². The van der Waals surface area contributed by atoms with Crippen molar-refractivity contribution in [2.75, 3.05) is 13.2 Å². The molecule has 4 N–H and O–H groups in total. The number of aryl methyl sites for hydroxylation is 1. The minimum absolute atomic E-state index is 0.467. The van der Waals surface area contributed by atoms with E-state index in [4.69, 9.17) is 21.1 Å². The van der Waals surface area contributed by atoms with Gasteiger partial charge in [0.05, 0.1) is 18.2 Å². The number of aliphatic hydroxyl groups excluding tert-OH is 4. The van der Waals surface area contributed by atoms with E-state index < -0.39 is 37.1 Å². The van der Waals surface area contributed by atoms with Crippen LogP contribution in [0.1, 0.15) is 47.3 Å². The molecule has 1 saturated heterocycles. The Bertz CT molecular complexity index is 913. The van der Waals surface area contributed by atoms with Gasteiger partial charge in [0.25, 0.3) is 0 Å². The molecule has 5 unspecified atom stereocenters. The van der Waals surface area contributed by atoms with Crippen molar-refractivity contribution >= 4 is 11.6 Å². The summed E-state index contributed by atoms with van der Waals surface area (Å²) < 4.78 is 11.6. The van der Waals surface area contributed by atoms with E-state index in [9.17, 15) is 20.4 Å². The smallest absolute Gasteiger partial charge is 0.141 e. The van der Waals surface area contributed by atoms with Crippen molar-refractivity contribution in [1.82, 2.24) is 0 Å². The Kier molecular flexibility index (Phi) is 6.86. The Morgan fingerprint density at radius 1 is 1.03 bits per heavy atom. The van der Waals surface area contributed by atoms with Gasteiger partial charge in [-0.15, -0.1) is 0 Å². The Morgan fingerprint density at radius 2 is 1.74 bits per heavy atom. The van der Waals surface area contributed by atoms with Gasteiger partial charge in [0.1, 0.15) is 36.3 Å². The van der Waals surface area contributed by atoms with Crippen molar-refractivity contribution in [1.29, 1.82) is 0 Å². The van der Waals surface area contributed by atoms with Crippen molar-refractivity contribution in [3.05, 3.63) is 63.2 Å². The molecule has 168 valence electrons. The Hall–Kier alpha value is -1.67. The van der Waals surface area contributed by atoms with Crippen molar-refractivity contribution < 1.29 is 29.9 Å². The molecule has 0 aliphatic carbocycles. The Morgan fingerprint density at radius 3 is 2.42 bits per heavy atom. The van der Waals surface area contributed by atoms with Gasteiger partial charge >= 0.3 is 0 Å². The highest BCUT2D eigenvalue weighted by Crippen LogP contribution is 2.44. The molecule has 31 heavy (non-hydrogen) atoms. The fourth-order valence-corrected chi connectivity index (χ4v) is 4.77. The molecular formula is C24H29ClO6. The van der Waals surface area contributed by atoms with E-state index in [2.05, 4.69) is 31.2 Å². The maximum Gasteiger partial charge on any atom is 0.141 e. The molecule has 2 aromatic carbocycles. The van der Waals surface area contributed by atoms with Crippen LogP contribution in [0.4, 0.5) is 0 Å². The number of hydrogen-bond donors (Lipinski definition) is 4. The quantitative estimate of drug-likeness (QED) is 0.541. The molecule has 0 aromatic heterocycles. The minimum atomic E-state index is -1.43. The molecule has 2 aliphatic rings. The van der Waals surface area contributed by atoms with Crippen LogP contribution in [0.15, 0.2) is 30.3 Å². The third-order valence-electron chi connectivity index (χ3n) is 6.19. The zero-order valence-electron chi connectivity index (χ0n) is 17.5. The van der Waals surface area contributed by atoms with Gasteiger partial charge in [-0.25, -0.2) is 0 Å². The molecule has 7 heteroatoms. The Balaban J connectivity index is 1.70. The van der Waals surface area contributed by atoms with E-state index in [-0.39, 0.29) is 0 Å². The lowest BCUT2D eigenvalue weighted by molar-refractivity contribution is -0.231. The molecule has 0 radical (unpaired) electrons. The van der Waals surface area contributed by atoms with Crippen LogP contribution in [0.25, 0.3) is 0 Å². The van der Waals surface area contributed by atoms with E-state index in [1.807, 2.05) is 6.07 Å². The van der Waals surface area contributed by atoms with Crippen molar-refractivity contribution in [3.63, 3.8) is 0 Å². The van der Waals surface area contributed by atoms with Crippen molar-refractivity contribution in [3.8, 4) is 5.75 Å². The first kappa shape index (κ1) is 22.5. The maximum atomic E-state index is 10.6. The summed E-state index contributed by atoms with van der Waals surface area (Å²) >= 11 is 6.68. The molecule has 6 nitrogen and oxygen atoms in total. The second-order valence-electron chi connectivity index (χ2n) is 8.34. The van der Waals surface area contributed by atoms with Gasteiger partial charge in [-0.2, -0.15) is 0 Å². The average Bonchev–Trinajstić information content (AvgIpc) is 3.27. The monoisotopic (exact) mass is 448 g/mol. The van der Waals surface area contributed by atoms with Crippen LogP contribution in [0.2, 0.25) is 5.02 Å². The lowest BCUT2D eigenvalue weighted by atomic mass is 9.87. The van der Waals surface area contributed by atoms with Crippen LogP contribution in [0.5, 0.6) is 5.75 Å². The van der Waals surface area contributed by atoms with Gasteiger partial charge in [0.15, 0.2) is 0 Å². The van der Waals surface area contributed by atoms with Crippen LogP contribution in [0.3, 0.4) is 0 Å². The van der Waals surface area contributed by atoms with Crippen LogP contribution >= 0.6 is 11.6 Å². The van der Waals surface area contributed by atoms with Crippen LogP contribution in [-0.2, 0) is 24.0 Å². The zero-order valence-corrected chi connectivity index (χ0v) is 18.3. The summed E-state index contributed by atoms with van der Waals surface area (Å²) in [6.45, 7) is 2.15. The molecule has 0 amide bonds. The lowest BCUT2D eigenvalue weighted by Crippen LogP contribution is -2.55. The molecule has 2 aromatic rings. The van der Waals surface area contributed by atoms with Gasteiger partial charge in [0, 0.05) is 12.0 Å². The number of fused-ring (bicyclic) bond motifs is 1. The molecule has 2 heterocycles. The van der Waals surface area contributed by atoms with Crippen LogP contribution < -0.4 is 4.74 Å². The fraction of sp³-hybridized carbons (Fsp3) is 0.500. The summed E-state index contributed by atoms with van der Waals surface area (Å²) in [5.41, 5.74) is 4.72. The van der Waals surface area contributed by atoms with Crippen molar-refractivity contribution in [2.24, 2.45) is 0 Å². The SMILES string of the molecule is CCCc1ccc(Cc2cc(C3OC(CO)C(O)C(O)C3O)c3c(c2Cl)OCC3)cc1. The third-order valence-corrected chi connectivity index (χ3v) is 6.60. The predicted octanol–water partition coefficient (Wildman–Crippen LogP) is 2.33. The highest BCUT2D eigenvalue weighted by atomic mass is 35.5. The van der Waals surface area contributed by atoms with Gasteiger partial charge in [-0.3, -0.25) is 0 Å². The largest absolute Gasteiger partial charge is 0.491 e. The van der Waals surface area contributed by atoms with Crippen LogP contribution in [-0.4, -0.2) is 58.1 Å². The average molecular weight is 449 g/mol.